The van der Waals surface area contributed by atoms with Gasteiger partial charge in [0.25, 0.3) is 0 Å². The van der Waals surface area contributed by atoms with Crippen molar-refractivity contribution in [2.45, 2.75) is 105 Å². The van der Waals surface area contributed by atoms with Crippen LogP contribution in [0.5, 0.6) is 0 Å². The molecular formula is C22H48Si5. The van der Waals surface area contributed by atoms with Crippen molar-refractivity contribution in [3.05, 3.63) is 5.56 Å². The molecule has 0 aliphatic rings. The Hall–Kier alpha value is 0.304. The van der Waals surface area contributed by atoms with Crippen LogP contribution in [0.3, 0.4) is 0 Å². The maximum atomic E-state index is 2.62. The highest BCUT2D eigenvalue weighted by molar-refractivity contribution is 7.10. The van der Waals surface area contributed by atoms with Gasteiger partial charge in [0.1, 0.15) is 0 Å². The van der Waals surface area contributed by atoms with Gasteiger partial charge in [0.2, 0.25) is 0 Å². The second-order valence-electron chi connectivity index (χ2n) is 13.8. The zero-order valence-electron chi connectivity index (χ0n) is 21.5. The summed E-state index contributed by atoms with van der Waals surface area (Å²) in [5.41, 5.74) is 1.73. The average Bonchev–Trinajstić information content (AvgIpc) is 2.29. The first-order chi connectivity index (χ1) is 11.5. The topological polar surface area (TPSA) is 0 Å². The van der Waals surface area contributed by atoms with Gasteiger partial charge in [-0.1, -0.05) is 130 Å². The van der Waals surface area contributed by atoms with Gasteiger partial charge in [-0.05, 0) is 6.92 Å². The first-order valence-electron chi connectivity index (χ1n) is 10.8. The van der Waals surface area contributed by atoms with Gasteiger partial charge in [-0.3, -0.25) is 0 Å². The van der Waals surface area contributed by atoms with Gasteiger partial charge < -0.3 is 0 Å². The Balaban J connectivity index is 4.58. The van der Waals surface area contributed by atoms with E-state index in [1.54, 1.807) is 5.56 Å². The van der Waals surface area contributed by atoms with Gasteiger partial charge in [-0.25, -0.2) is 0 Å². The van der Waals surface area contributed by atoms with Crippen molar-refractivity contribution in [1.82, 2.24) is 0 Å². The summed E-state index contributed by atoms with van der Waals surface area (Å²) in [6.45, 7) is 41.6. The monoisotopic (exact) mass is 452 g/mol. The van der Waals surface area contributed by atoms with E-state index in [1.165, 1.54) is 0 Å². The average molecular weight is 453 g/mol. The molecule has 0 amide bonds. The zero-order chi connectivity index (χ0) is 22.0. The van der Waals surface area contributed by atoms with Crippen LogP contribution in [0.2, 0.25) is 98.2 Å². The van der Waals surface area contributed by atoms with E-state index >= 15 is 0 Å². The minimum atomic E-state index is -1.47. The van der Waals surface area contributed by atoms with E-state index in [0.717, 1.165) is 0 Å². The first kappa shape index (κ1) is 25.3. The highest BCUT2D eigenvalue weighted by Crippen LogP contribution is 2.16. The van der Waals surface area contributed by atoms with E-state index in [4.69, 9.17) is 0 Å². The van der Waals surface area contributed by atoms with Crippen molar-refractivity contribution in [2.75, 3.05) is 0 Å². The molecule has 0 aromatic heterocycles. The molecule has 0 aliphatic carbocycles. The Kier molecular flexibility index (Phi) is 6.77. The molecule has 0 N–H and O–H groups in total. The molecule has 5 heteroatoms. The molecule has 0 fully saturated rings. The van der Waals surface area contributed by atoms with Crippen LogP contribution in [0.25, 0.3) is 0 Å². The molecule has 1 rings (SSSR count). The van der Waals surface area contributed by atoms with Gasteiger partial charge in [-0.15, -0.1) is 0 Å². The van der Waals surface area contributed by atoms with Crippen LogP contribution in [0, 0.1) is 6.92 Å². The first-order valence-corrected chi connectivity index (χ1v) is 28.2. The van der Waals surface area contributed by atoms with Crippen LogP contribution in [0.4, 0.5) is 0 Å². The van der Waals surface area contributed by atoms with Crippen LogP contribution in [-0.2, 0) is 0 Å². The third-order valence-corrected chi connectivity index (χ3v) is 16.8. The van der Waals surface area contributed by atoms with Crippen LogP contribution >= 0.6 is 0 Å². The molecule has 0 bridgehead atoms. The fourth-order valence-electron chi connectivity index (χ4n) is 5.00. The summed E-state index contributed by atoms with van der Waals surface area (Å²) < 4.78 is 0. The van der Waals surface area contributed by atoms with Gasteiger partial charge in [-0.2, -0.15) is 0 Å². The molecule has 0 nitrogen and oxygen atoms in total. The van der Waals surface area contributed by atoms with E-state index < -0.39 is 40.4 Å². The summed E-state index contributed by atoms with van der Waals surface area (Å²) in [4.78, 5) is 0. The van der Waals surface area contributed by atoms with E-state index in [9.17, 15) is 0 Å². The number of hydrogen-bond acceptors (Lipinski definition) is 0. The maximum Gasteiger partial charge on any atom is 0.0777 e. The van der Waals surface area contributed by atoms with E-state index in [-0.39, 0.29) is 0 Å². The predicted molar refractivity (Wildman–Crippen MR) is 146 cm³/mol. The lowest BCUT2D eigenvalue weighted by atomic mass is 10.2. The predicted octanol–water partition coefficient (Wildman–Crippen LogP) is 4.72. The van der Waals surface area contributed by atoms with Crippen LogP contribution in [-0.4, -0.2) is 40.4 Å². The molecule has 1 aromatic rings. The fraction of sp³-hybridized carbons (Fsp3) is 0.727. The van der Waals surface area contributed by atoms with Crippen LogP contribution < -0.4 is 25.9 Å². The highest BCUT2D eigenvalue weighted by Gasteiger charge is 2.43. The van der Waals surface area contributed by atoms with Gasteiger partial charge in [0, 0.05) is 0 Å². The lowest BCUT2D eigenvalue weighted by molar-refractivity contribution is 1.51. The molecule has 156 valence electrons. The maximum absolute atomic E-state index is 2.62. The molecule has 0 atom stereocenters. The fourth-order valence-corrected chi connectivity index (χ4v) is 24.1. The lowest BCUT2D eigenvalue weighted by Gasteiger charge is -2.44. The number of rotatable bonds is 5. The van der Waals surface area contributed by atoms with E-state index in [2.05, 4.69) is 105 Å². The Morgan fingerprint density at radius 1 is 0.296 bits per heavy atom. The second kappa shape index (κ2) is 7.22. The Morgan fingerprint density at radius 2 is 0.444 bits per heavy atom. The third-order valence-electron chi connectivity index (χ3n) is 5.50. The molecule has 0 unspecified atom stereocenters. The SMILES string of the molecule is Cc1c([Si](C)(C)C)c([Si](C)(C)C)c([Si](C)(C)C)c([Si](C)(C)C)c1[Si](C)(C)C. The van der Waals surface area contributed by atoms with Crippen LogP contribution in [0.1, 0.15) is 5.56 Å². The molecular weight excluding hydrogens is 405 g/mol. The van der Waals surface area contributed by atoms with Crippen molar-refractivity contribution in [3.8, 4) is 0 Å². The van der Waals surface area contributed by atoms with Crippen molar-refractivity contribution < 1.29 is 0 Å². The molecule has 27 heavy (non-hydrogen) atoms. The normalized spacial score (nSPS) is 14.7. The summed E-state index contributed by atoms with van der Waals surface area (Å²) in [6, 6.07) is 0. The third kappa shape index (κ3) is 5.27. The molecule has 0 saturated heterocycles. The Labute approximate surface area is 176 Å². The smallest absolute Gasteiger partial charge is 0.0656 e. The molecule has 0 radical (unpaired) electrons. The quantitative estimate of drug-likeness (QED) is 0.567. The van der Waals surface area contributed by atoms with Crippen molar-refractivity contribution in [1.29, 1.82) is 0 Å². The summed E-state index contributed by atoms with van der Waals surface area (Å²) in [6.07, 6.45) is 0. The molecule has 0 spiro atoms. The van der Waals surface area contributed by atoms with Crippen molar-refractivity contribution >= 4 is 66.3 Å². The molecule has 1 aromatic carbocycles. The summed E-state index contributed by atoms with van der Waals surface area (Å²) >= 11 is 0. The van der Waals surface area contributed by atoms with Gasteiger partial charge in [0.05, 0.1) is 40.4 Å². The summed E-state index contributed by atoms with van der Waals surface area (Å²) in [5.74, 6) is 0. The number of benzene rings is 1. The summed E-state index contributed by atoms with van der Waals surface area (Å²) in [5, 5.41) is 9.44. The van der Waals surface area contributed by atoms with Crippen LogP contribution in [0.15, 0.2) is 0 Å². The molecule has 0 aliphatic heterocycles. The zero-order valence-corrected chi connectivity index (χ0v) is 26.5. The number of hydrogen-bond donors (Lipinski definition) is 0. The standard InChI is InChI=1S/C22H48Si5/c1-17-18(23(2,3)4)20(25(8,9)10)22(27(14,15)16)21(26(11,12)13)19(17)24(5,6)7/h1-16H3. The van der Waals surface area contributed by atoms with Gasteiger partial charge >= 0.3 is 0 Å². The van der Waals surface area contributed by atoms with Gasteiger partial charge in [0.15, 0.2) is 0 Å². The van der Waals surface area contributed by atoms with E-state index in [0.29, 0.717) is 0 Å². The molecule has 0 heterocycles. The largest absolute Gasteiger partial charge is 0.0777 e. The Morgan fingerprint density at radius 3 is 0.593 bits per heavy atom. The van der Waals surface area contributed by atoms with Crippen molar-refractivity contribution in [3.63, 3.8) is 0 Å². The summed E-state index contributed by atoms with van der Waals surface area (Å²) in [7, 11) is -7.27. The minimum Gasteiger partial charge on any atom is -0.0656 e. The minimum absolute atomic E-state index is 1.44. The van der Waals surface area contributed by atoms with Crippen molar-refractivity contribution in [2.24, 2.45) is 0 Å². The Bertz CT molecular complexity index is 659. The highest BCUT2D eigenvalue weighted by atomic mass is 28.3. The van der Waals surface area contributed by atoms with E-state index in [1.807, 2.05) is 25.9 Å². The lowest BCUT2D eigenvalue weighted by Crippen LogP contribution is -2.78. The second-order valence-corrected chi connectivity index (χ2v) is 38.8. The molecule has 0 saturated carbocycles.